The second-order valence-corrected chi connectivity index (χ2v) is 15.1. The van der Waals surface area contributed by atoms with Crippen LogP contribution in [0, 0.1) is 24.1 Å². The van der Waals surface area contributed by atoms with Gasteiger partial charge in [-0.2, -0.15) is 0 Å². The van der Waals surface area contributed by atoms with Crippen LogP contribution in [0.1, 0.15) is 156 Å². The van der Waals surface area contributed by atoms with E-state index >= 15 is 4.39 Å². The molecule has 8 heteroatoms. The molecule has 6 nitrogen and oxygen atoms in total. The minimum Gasteiger partial charge on any atom is -0.494 e. The van der Waals surface area contributed by atoms with Gasteiger partial charge in [0.1, 0.15) is 23.2 Å². The third-order valence-corrected chi connectivity index (χ3v) is 8.66. The molecule has 0 radical (unpaired) electrons. The van der Waals surface area contributed by atoms with Crippen molar-refractivity contribution in [3.8, 4) is 5.75 Å². The number of methoxy groups -OCH3 is 1. The van der Waals surface area contributed by atoms with Gasteiger partial charge in [0.15, 0.2) is 11.6 Å². The summed E-state index contributed by atoms with van der Waals surface area (Å²) in [6, 6.07) is 1.30. The average Bonchev–Trinajstić information content (AvgIpc) is 3.86. The lowest BCUT2D eigenvalue weighted by molar-refractivity contribution is 0.0440. The highest BCUT2D eigenvalue weighted by Crippen LogP contribution is 2.59. The average molecular weight is 679 g/mol. The maximum atomic E-state index is 15.5. The molecule has 4 aliphatic rings. The number of benzene rings is 1. The Kier molecular flexibility index (Phi) is 17.6. The number of hydrogen-bond donors (Lipinski definition) is 1. The van der Waals surface area contributed by atoms with E-state index in [4.69, 9.17) is 9.47 Å². The lowest BCUT2D eigenvalue weighted by Crippen LogP contribution is -2.54. The Morgan fingerprint density at radius 1 is 1.06 bits per heavy atom. The van der Waals surface area contributed by atoms with Crippen LogP contribution in [0.4, 0.5) is 19.3 Å². The van der Waals surface area contributed by atoms with E-state index in [1.807, 2.05) is 32.6 Å². The number of carbonyl (C=O) groups is 2. The Morgan fingerprint density at radius 3 is 1.94 bits per heavy atom. The van der Waals surface area contributed by atoms with Gasteiger partial charge in [-0.3, -0.25) is 4.79 Å². The van der Waals surface area contributed by atoms with Crippen molar-refractivity contribution in [1.82, 2.24) is 5.32 Å². The van der Waals surface area contributed by atoms with E-state index in [1.165, 1.54) is 45.3 Å². The number of Topliss-reactive ketones (excluding diaryl/α,β-unsaturated/α-hetero) is 1. The molecule has 3 aliphatic carbocycles. The molecule has 1 aromatic rings. The second kappa shape index (κ2) is 19.5. The van der Waals surface area contributed by atoms with Crippen molar-refractivity contribution >= 4 is 17.6 Å². The van der Waals surface area contributed by atoms with E-state index in [1.54, 1.807) is 26.8 Å². The SMILES string of the molecule is C/C=C(/C)C(=O)c1cc(F)c(N2CC3(CC3)C(C)(NC(=O)OC(C)(C)C)C2)c(OC)c1C.C1CC1.CCC.CCC.CCCC1CC1F. The Balaban J connectivity index is 0.000000588. The van der Waals surface area contributed by atoms with E-state index in [0.29, 0.717) is 47.1 Å². The number of hydrogen-bond acceptors (Lipinski definition) is 5. The topological polar surface area (TPSA) is 67.9 Å². The van der Waals surface area contributed by atoms with Crippen LogP contribution in [-0.4, -0.2) is 49.4 Å². The van der Waals surface area contributed by atoms with Crippen LogP contribution in [0.5, 0.6) is 5.75 Å². The Bertz CT molecular complexity index is 1200. The van der Waals surface area contributed by atoms with Crippen molar-refractivity contribution < 1.29 is 27.8 Å². The molecule has 1 aromatic carbocycles. The molecule has 1 saturated heterocycles. The summed E-state index contributed by atoms with van der Waals surface area (Å²) in [5.74, 6) is 0.0851. The van der Waals surface area contributed by atoms with Crippen LogP contribution in [0.15, 0.2) is 17.7 Å². The zero-order chi connectivity index (χ0) is 36.9. The molecule has 1 spiro atoms. The maximum absolute atomic E-state index is 15.5. The first-order valence-corrected chi connectivity index (χ1v) is 18.4. The molecule has 48 heavy (non-hydrogen) atoms. The quantitative estimate of drug-likeness (QED) is 0.230. The third kappa shape index (κ3) is 13.0. The normalized spacial score (nSPS) is 22.6. The van der Waals surface area contributed by atoms with Gasteiger partial charge in [0, 0.05) is 29.6 Å². The van der Waals surface area contributed by atoms with Gasteiger partial charge < -0.3 is 19.7 Å². The summed E-state index contributed by atoms with van der Waals surface area (Å²) in [5.41, 5.74) is 0.467. The van der Waals surface area contributed by atoms with Crippen LogP contribution in [0.3, 0.4) is 0 Å². The molecule has 3 saturated carbocycles. The summed E-state index contributed by atoms with van der Waals surface area (Å²) in [6.45, 7) is 24.3. The van der Waals surface area contributed by atoms with Gasteiger partial charge in [0.05, 0.1) is 12.6 Å². The fraction of sp³-hybridized carbons (Fsp3) is 0.750. The number of alkyl carbamates (subject to hydrolysis) is 1. The van der Waals surface area contributed by atoms with Crippen LogP contribution in [0.2, 0.25) is 0 Å². The van der Waals surface area contributed by atoms with Crippen molar-refractivity contribution in [3.63, 3.8) is 0 Å². The predicted molar refractivity (Wildman–Crippen MR) is 197 cm³/mol. The number of carbonyl (C=O) groups excluding carboxylic acids is 2. The molecule has 1 aliphatic heterocycles. The third-order valence-electron chi connectivity index (χ3n) is 8.66. The summed E-state index contributed by atoms with van der Waals surface area (Å²) < 4.78 is 38.5. The molecule has 1 heterocycles. The summed E-state index contributed by atoms with van der Waals surface area (Å²) >= 11 is 0. The molecule has 1 amide bonds. The smallest absolute Gasteiger partial charge is 0.408 e. The summed E-state index contributed by atoms with van der Waals surface area (Å²) in [4.78, 5) is 27.2. The van der Waals surface area contributed by atoms with Gasteiger partial charge in [-0.05, 0) is 91.7 Å². The molecular weight excluding hydrogens is 610 g/mol. The Morgan fingerprint density at radius 2 is 1.58 bits per heavy atom. The molecular formula is C40H68F2N2O4. The lowest BCUT2D eigenvalue weighted by Gasteiger charge is -2.33. The largest absolute Gasteiger partial charge is 0.494 e. The number of amides is 1. The fourth-order valence-electron chi connectivity index (χ4n) is 5.58. The summed E-state index contributed by atoms with van der Waals surface area (Å²) in [7, 11) is 1.49. The molecule has 3 atom stereocenters. The van der Waals surface area contributed by atoms with Crippen molar-refractivity contribution in [2.75, 3.05) is 25.1 Å². The van der Waals surface area contributed by atoms with E-state index in [-0.39, 0.29) is 11.2 Å². The first-order valence-electron chi connectivity index (χ1n) is 18.4. The van der Waals surface area contributed by atoms with Crippen LogP contribution >= 0.6 is 0 Å². The van der Waals surface area contributed by atoms with Crippen molar-refractivity contribution in [2.24, 2.45) is 11.3 Å². The number of nitrogens with one attached hydrogen (secondary N) is 1. The predicted octanol–water partition coefficient (Wildman–Crippen LogP) is 11.3. The molecule has 1 N–H and O–H groups in total. The number of rotatable bonds is 7. The first-order chi connectivity index (χ1) is 22.4. The second-order valence-electron chi connectivity index (χ2n) is 15.1. The van der Waals surface area contributed by atoms with Crippen LogP contribution in [-0.2, 0) is 4.74 Å². The number of anilines is 1. The van der Waals surface area contributed by atoms with Crippen LogP contribution in [0.25, 0.3) is 0 Å². The monoisotopic (exact) mass is 679 g/mol. The van der Waals surface area contributed by atoms with Gasteiger partial charge in [-0.15, -0.1) is 0 Å². The van der Waals surface area contributed by atoms with Gasteiger partial charge >= 0.3 is 6.09 Å². The zero-order valence-corrected chi connectivity index (χ0v) is 32.6. The minimum atomic E-state index is -0.602. The highest BCUT2D eigenvalue weighted by Gasteiger charge is 2.63. The highest BCUT2D eigenvalue weighted by molar-refractivity contribution is 6.10. The van der Waals surface area contributed by atoms with E-state index < -0.39 is 29.2 Å². The number of halogens is 2. The molecule has 276 valence electrons. The lowest BCUT2D eigenvalue weighted by atomic mass is 9.86. The highest BCUT2D eigenvalue weighted by atomic mass is 19.1. The molecule has 3 unspecified atom stereocenters. The first kappa shape index (κ1) is 43.4. The van der Waals surface area contributed by atoms with Crippen molar-refractivity contribution in [2.45, 2.75) is 165 Å². The summed E-state index contributed by atoms with van der Waals surface area (Å²) in [5, 5.41) is 3.06. The van der Waals surface area contributed by atoms with Gasteiger partial charge in [-0.1, -0.05) is 79.2 Å². The minimum absolute atomic E-state index is 0.148. The Labute approximate surface area is 291 Å². The number of allylic oxidation sites excluding steroid dienone is 2. The van der Waals surface area contributed by atoms with Gasteiger partial charge in [0.2, 0.25) is 0 Å². The molecule has 0 aromatic heterocycles. The summed E-state index contributed by atoms with van der Waals surface area (Å²) in [6.07, 6.45) is 12.8. The number of ether oxygens (including phenoxy) is 2. The molecule has 0 bridgehead atoms. The van der Waals surface area contributed by atoms with Crippen molar-refractivity contribution in [1.29, 1.82) is 0 Å². The molecule has 5 rings (SSSR count). The van der Waals surface area contributed by atoms with Gasteiger partial charge in [-0.25, -0.2) is 13.6 Å². The number of nitrogens with zero attached hydrogens (tertiary/aromatic N) is 1. The maximum Gasteiger partial charge on any atom is 0.408 e. The Hall–Kier alpha value is -2.64. The van der Waals surface area contributed by atoms with E-state index in [2.05, 4.69) is 39.9 Å². The zero-order valence-electron chi connectivity index (χ0n) is 32.6. The van der Waals surface area contributed by atoms with Crippen molar-refractivity contribution in [3.05, 3.63) is 34.7 Å². The van der Waals surface area contributed by atoms with Gasteiger partial charge in [0.25, 0.3) is 0 Å². The number of ketones is 1. The van der Waals surface area contributed by atoms with Crippen LogP contribution < -0.4 is 15.0 Å². The fourth-order valence-corrected chi connectivity index (χ4v) is 5.58. The standard InChI is InChI=1S/C25H35FN2O4.C6H11F.C3H6.2C3H8/c1-9-15(2)20(29)17-12-18(26)19(21(31-8)16(17)3)28-13-24(7,25(14-28)10-11-25)27-22(30)32-23(4,5)6;1-2-3-5-4-6(5)7;1-2-3-1;2*1-3-2/h9,12H,10-11,13-14H2,1-8H3,(H,27,30);5-6H,2-4H2,1H3;1-3H2;2*3H2,1-2H3/b15-9-;;;;. The molecule has 4 fully saturated rings. The van der Waals surface area contributed by atoms with E-state index in [0.717, 1.165) is 32.1 Å². The van der Waals surface area contributed by atoms with E-state index in [9.17, 15) is 14.0 Å². The number of alkyl halides is 1.